The van der Waals surface area contributed by atoms with Crippen molar-refractivity contribution < 1.29 is 27.4 Å². The Hall–Kier alpha value is -4.36. The van der Waals surface area contributed by atoms with Gasteiger partial charge in [0.2, 0.25) is 0 Å². The standard InChI is InChI=1S/C33H37N3O6S/c1-6-9-27(20-31(37)40-7-2)26-11-13-28(14-12-26)42-22-25-10-15-30-34-33(35-36(30)21-25)32-23(3)18-29(19-24(32)4)41-16-8-17-43(5,38)39/h10-15,18-19,21,27H,7-8,16-17,20,22H2,1-5H3. The van der Waals surface area contributed by atoms with Crippen molar-refractivity contribution >= 4 is 21.5 Å². The summed E-state index contributed by atoms with van der Waals surface area (Å²) < 4.78 is 41.3. The molecule has 0 spiro atoms. The number of pyridine rings is 1. The summed E-state index contributed by atoms with van der Waals surface area (Å²) in [4.78, 5) is 16.7. The van der Waals surface area contributed by atoms with Crippen molar-refractivity contribution in [3.05, 3.63) is 77.0 Å². The first kappa shape index (κ1) is 31.6. The van der Waals surface area contributed by atoms with Gasteiger partial charge in [-0.2, -0.15) is 0 Å². The second-order valence-electron chi connectivity index (χ2n) is 10.4. The lowest BCUT2D eigenvalue weighted by Crippen LogP contribution is -2.09. The second-order valence-corrected chi connectivity index (χ2v) is 12.6. The fourth-order valence-corrected chi connectivity index (χ4v) is 5.41. The molecule has 0 saturated carbocycles. The molecule has 2 aromatic carbocycles. The molecule has 226 valence electrons. The molecule has 1 atom stereocenters. The van der Waals surface area contributed by atoms with Crippen molar-refractivity contribution in [2.45, 2.75) is 53.1 Å². The van der Waals surface area contributed by atoms with Crippen molar-refractivity contribution in [1.82, 2.24) is 14.6 Å². The number of aryl methyl sites for hydroxylation is 2. The Morgan fingerprint density at radius 1 is 1.02 bits per heavy atom. The first-order valence-corrected chi connectivity index (χ1v) is 16.2. The van der Waals surface area contributed by atoms with Crippen LogP contribution in [0.3, 0.4) is 0 Å². The van der Waals surface area contributed by atoms with Gasteiger partial charge in [-0.1, -0.05) is 24.1 Å². The number of ether oxygens (including phenoxy) is 3. The third kappa shape index (κ3) is 8.82. The summed E-state index contributed by atoms with van der Waals surface area (Å²) in [6.07, 6.45) is 3.77. The van der Waals surface area contributed by atoms with Crippen LogP contribution in [0.25, 0.3) is 17.0 Å². The van der Waals surface area contributed by atoms with Crippen LogP contribution in [-0.2, 0) is 26.0 Å². The maximum Gasteiger partial charge on any atom is 0.307 e. The van der Waals surface area contributed by atoms with Gasteiger partial charge in [0.05, 0.1) is 31.3 Å². The van der Waals surface area contributed by atoms with E-state index in [4.69, 9.17) is 24.3 Å². The Kier molecular flexibility index (Phi) is 10.4. The number of benzene rings is 2. The molecule has 2 heterocycles. The highest BCUT2D eigenvalue weighted by Crippen LogP contribution is 2.30. The minimum Gasteiger partial charge on any atom is -0.494 e. The van der Waals surface area contributed by atoms with E-state index >= 15 is 0 Å². The zero-order chi connectivity index (χ0) is 31.0. The normalized spacial score (nSPS) is 11.9. The fraction of sp³-hybridized carbons (Fsp3) is 0.364. The molecule has 1 unspecified atom stereocenters. The summed E-state index contributed by atoms with van der Waals surface area (Å²) in [5.41, 5.74) is 5.44. The summed E-state index contributed by atoms with van der Waals surface area (Å²) in [5.74, 6) is 7.59. The number of carbonyl (C=O) groups is 1. The molecular weight excluding hydrogens is 566 g/mol. The Morgan fingerprint density at radius 3 is 2.40 bits per heavy atom. The molecule has 0 aliphatic heterocycles. The van der Waals surface area contributed by atoms with Gasteiger partial charge in [-0.05, 0) is 81.1 Å². The molecule has 4 aromatic rings. The molecular formula is C33H37N3O6S. The van der Waals surface area contributed by atoms with Crippen molar-refractivity contribution in [2.75, 3.05) is 25.2 Å². The van der Waals surface area contributed by atoms with E-state index in [1.165, 1.54) is 6.26 Å². The van der Waals surface area contributed by atoms with Gasteiger partial charge in [0.1, 0.15) is 27.9 Å². The molecule has 0 saturated heterocycles. The topological polar surface area (TPSA) is 109 Å². The predicted octanol–water partition coefficient (Wildman–Crippen LogP) is 5.47. The van der Waals surface area contributed by atoms with Crippen LogP contribution >= 0.6 is 0 Å². The zero-order valence-corrected chi connectivity index (χ0v) is 26.0. The highest BCUT2D eigenvalue weighted by molar-refractivity contribution is 7.90. The average Bonchev–Trinajstić information content (AvgIpc) is 3.36. The van der Waals surface area contributed by atoms with Gasteiger partial charge >= 0.3 is 5.97 Å². The van der Waals surface area contributed by atoms with E-state index in [1.54, 1.807) is 18.4 Å². The maximum atomic E-state index is 12.0. The van der Waals surface area contributed by atoms with Crippen LogP contribution in [-0.4, -0.2) is 54.2 Å². The van der Waals surface area contributed by atoms with Crippen LogP contribution < -0.4 is 9.47 Å². The fourth-order valence-electron chi connectivity index (χ4n) is 4.76. The SMILES string of the molecule is CC#CC(CC(=O)OCC)c1ccc(OCc2ccc3nc(-c4c(C)cc(OCCCS(C)(=O)=O)cc4C)nn3c2)cc1. The molecule has 0 aliphatic rings. The number of nitrogens with zero attached hydrogens (tertiary/aromatic N) is 3. The van der Waals surface area contributed by atoms with E-state index in [1.807, 2.05) is 68.6 Å². The third-order valence-electron chi connectivity index (χ3n) is 6.73. The maximum absolute atomic E-state index is 12.0. The molecule has 0 aliphatic carbocycles. The van der Waals surface area contributed by atoms with Gasteiger partial charge in [-0.25, -0.2) is 17.9 Å². The van der Waals surface area contributed by atoms with Crippen LogP contribution in [0.15, 0.2) is 54.7 Å². The Morgan fingerprint density at radius 2 is 1.74 bits per heavy atom. The number of fused-ring (bicyclic) bond motifs is 1. The minimum atomic E-state index is -3.01. The monoisotopic (exact) mass is 603 g/mol. The molecule has 2 aromatic heterocycles. The van der Waals surface area contributed by atoms with Crippen molar-refractivity contribution in [3.8, 4) is 34.7 Å². The number of rotatable bonds is 13. The van der Waals surface area contributed by atoms with Crippen LogP contribution in [0.4, 0.5) is 0 Å². The largest absolute Gasteiger partial charge is 0.494 e. The summed E-state index contributed by atoms with van der Waals surface area (Å²) >= 11 is 0. The van der Waals surface area contributed by atoms with Crippen LogP contribution in [0, 0.1) is 25.7 Å². The number of sulfone groups is 1. The molecule has 0 fully saturated rings. The Bertz CT molecular complexity index is 1730. The lowest BCUT2D eigenvalue weighted by atomic mass is 9.96. The minimum absolute atomic E-state index is 0.0984. The van der Waals surface area contributed by atoms with Crippen LogP contribution in [0.2, 0.25) is 0 Å². The highest BCUT2D eigenvalue weighted by Gasteiger charge is 2.16. The first-order chi connectivity index (χ1) is 20.6. The lowest BCUT2D eigenvalue weighted by molar-refractivity contribution is -0.143. The second kappa shape index (κ2) is 14.2. The number of carbonyl (C=O) groups excluding carboxylic acids is 1. The van der Waals surface area contributed by atoms with Gasteiger partial charge in [-0.3, -0.25) is 4.79 Å². The summed E-state index contributed by atoms with van der Waals surface area (Å²) in [5, 5.41) is 4.73. The van der Waals surface area contributed by atoms with Crippen LogP contribution in [0.5, 0.6) is 11.5 Å². The number of aromatic nitrogens is 3. The molecule has 0 N–H and O–H groups in total. The van der Waals surface area contributed by atoms with Crippen molar-refractivity contribution in [1.29, 1.82) is 0 Å². The summed E-state index contributed by atoms with van der Waals surface area (Å²) in [6, 6.07) is 15.3. The van der Waals surface area contributed by atoms with E-state index in [2.05, 4.69) is 11.8 Å². The molecule has 10 heteroatoms. The zero-order valence-electron chi connectivity index (χ0n) is 25.2. The predicted molar refractivity (Wildman–Crippen MR) is 166 cm³/mol. The molecule has 0 bridgehead atoms. The van der Waals surface area contributed by atoms with E-state index < -0.39 is 9.84 Å². The smallest absolute Gasteiger partial charge is 0.307 e. The Balaban J connectivity index is 1.41. The van der Waals surface area contributed by atoms with Gasteiger partial charge in [0.25, 0.3) is 0 Å². The molecule has 9 nitrogen and oxygen atoms in total. The average molecular weight is 604 g/mol. The molecule has 0 radical (unpaired) electrons. The number of esters is 1. The van der Waals surface area contributed by atoms with E-state index in [-0.39, 0.29) is 24.1 Å². The van der Waals surface area contributed by atoms with Crippen molar-refractivity contribution in [2.24, 2.45) is 0 Å². The van der Waals surface area contributed by atoms with Crippen LogP contribution in [0.1, 0.15) is 54.9 Å². The third-order valence-corrected chi connectivity index (χ3v) is 7.76. The van der Waals surface area contributed by atoms with Crippen molar-refractivity contribution in [3.63, 3.8) is 0 Å². The lowest BCUT2D eigenvalue weighted by Gasteiger charge is -2.12. The highest BCUT2D eigenvalue weighted by atomic mass is 32.2. The van der Waals surface area contributed by atoms with Gasteiger partial charge in [0, 0.05) is 23.6 Å². The molecule has 43 heavy (non-hydrogen) atoms. The quantitative estimate of drug-likeness (QED) is 0.113. The summed E-state index contributed by atoms with van der Waals surface area (Å²) in [6.45, 7) is 8.53. The molecule has 4 rings (SSSR count). The Labute approximate surface area is 253 Å². The number of hydrogen-bond acceptors (Lipinski definition) is 8. The van der Waals surface area contributed by atoms with E-state index in [0.717, 1.165) is 27.8 Å². The van der Waals surface area contributed by atoms with Gasteiger partial charge in [-0.15, -0.1) is 11.0 Å². The van der Waals surface area contributed by atoms with Gasteiger partial charge in [0.15, 0.2) is 11.5 Å². The van der Waals surface area contributed by atoms with E-state index in [0.29, 0.717) is 49.2 Å². The summed E-state index contributed by atoms with van der Waals surface area (Å²) in [7, 11) is -3.01. The first-order valence-electron chi connectivity index (χ1n) is 14.1. The van der Waals surface area contributed by atoms with E-state index in [9.17, 15) is 13.2 Å². The number of hydrogen-bond donors (Lipinski definition) is 0. The molecule has 0 amide bonds. The van der Waals surface area contributed by atoms with Gasteiger partial charge < -0.3 is 14.2 Å².